The first-order valence-electron chi connectivity index (χ1n) is 9.41. The molecule has 0 radical (unpaired) electrons. The first-order chi connectivity index (χ1) is 11.8. The summed E-state index contributed by atoms with van der Waals surface area (Å²) in [6.45, 7) is 3.87. The highest BCUT2D eigenvalue weighted by molar-refractivity contribution is 6.30. The highest BCUT2D eigenvalue weighted by atomic mass is 35.5. The smallest absolute Gasteiger partial charge is 0.183 e. The topological polar surface area (TPSA) is 18.5 Å². The first kappa shape index (κ1) is 18.0. The van der Waals surface area contributed by atoms with Crippen LogP contribution < -0.4 is 0 Å². The van der Waals surface area contributed by atoms with Crippen LogP contribution in [0.2, 0.25) is 5.02 Å². The number of rotatable bonds is 5. The van der Waals surface area contributed by atoms with Crippen LogP contribution in [0.3, 0.4) is 0 Å². The lowest BCUT2D eigenvalue weighted by Crippen LogP contribution is -2.34. The molecule has 1 aliphatic carbocycles. The molecule has 3 rings (SSSR count). The second-order valence-electron chi connectivity index (χ2n) is 7.20. The summed E-state index contributed by atoms with van der Waals surface area (Å²) in [5.41, 5.74) is 1.06. The Morgan fingerprint density at radius 3 is 2.29 bits per heavy atom. The van der Waals surface area contributed by atoms with Crippen LogP contribution in [0.25, 0.3) is 0 Å². The largest absolute Gasteiger partial charge is 0.348 e. The van der Waals surface area contributed by atoms with E-state index in [9.17, 15) is 0 Å². The van der Waals surface area contributed by atoms with Gasteiger partial charge in [0.1, 0.15) is 0 Å². The van der Waals surface area contributed by atoms with Crippen LogP contribution in [0.5, 0.6) is 0 Å². The number of halogens is 1. The van der Waals surface area contributed by atoms with Crippen molar-refractivity contribution in [3.05, 3.63) is 47.0 Å². The number of allylic oxidation sites excluding steroid dienone is 2. The van der Waals surface area contributed by atoms with Crippen molar-refractivity contribution in [1.29, 1.82) is 0 Å². The molecule has 0 atom stereocenters. The molecule has 2 nitrogen and oxygen atoms in total. The van der Waals surface area contributed by atoms with Gasteiger partial charge in [-0.2, -0.15) is 0 Å². The minimum absolute atomic E-state index is 0.230. The molecule has 1 heterocycles. The van der Waals surface area contributed by atoms with Crippen molar-refractivity contribution in [2.45, 2.75) is 51.7 Å². The molecule has 1 saturated heterocycles. The van der Waals surface area contributed by atoms with Gasteiger partial charge in [-0.15, -0.1) is 0 Å². The Bertz CT molecular complexity index is 509. The maximum atomic E-state index is 6.00. The number of unbranched alkanes of at least 4 members (excludes halogenated alkanes) is 1. The molecular formula is C21H29ClO2. The van der Waals surface area contributed by atoms with E-state index in [1.165, 1.54) is 38.5 Å². The maximum Gasteiger partial charge on any atom is 0.183 e. The van der Waals surface area contributed by atoms with Crippen molar-refractivity contribution < 1.29 is 9.47 Å². The van der Waals surface area contributed by atoms with Crippen LogP contribution in [-0.2, 0) is 9.47 Å². The van der Waals surface area contributed by atoms with Gasteiger partial charge in [-0.25, -0.2) is 0 Å². The molecule has 24 heavy (non-hydrogen) atoms. The zero-order chi connectivity index (χ0) is 16.8. The molecule has 1 aromatic carbocycles. The van der Waals surface area contributed by atoms with Gasteiger partial charge in [-0.3, -0.25) is 0 Å². The lowest BCUT2D eigenvalue weighted by Gasteiger charge is -2.37. The fraction of sp³-hybridized carbons (Fsp3) is 0.619. The minimum atomic E-state index is -0.230. The Kier molecular flexibility index (Phi) is 6.76. The van der Waals surface area contributed by atoms with Gasteiger partial charge in [0.25, 0.3) is 0 Å². The van der Waals surface area contributed by atoms with Gasteiger partial charge in [0.2, 0.25) is 0 Å². The van der Waals surface area contributed by atoms with Crippen LogP contribution in [0.1, 0.15) is 57.3 Å². The van der Waals surface area contributed by atoms with Crippen LogP contribution in [0, 0.1) is 17.8 Å². The summed E-state index contributed by atoms with van der Waals surface area (Å²) in [6, 6.07) is 7.76. The third-order valence-corrected chi connectivity index (χ3v) is 5.66. The molecule has 0 N–H and O–H groups in total. The summed E-state index contributed by atoms with van der Waals surface area (Å²) in [4.78, 5) is 0. The number of hydrogen-bond donors (Lipinski definition) is 0. The summed E-state index contributed by atoms with van der Waals surface area (Å²) < 4.78 is 12.0. The van der Waals surface area contributed by atoms with Crippen LogP contribution >= 0.6 is 11.6 Å². The first-order valence-corrected chi connectivity index (χ1v) is 9.79. The van der Waals surface area contributed by atoms with Gasteiger partial charge in [-0.1, -0.05) is 49.2 Å². The normalized spacial score (nSPS) is 31.4. The van der Waals surface area contributed by atoms with Crippen LogP contribution in [0.4, 0.5) is 0 Å². The molecule has 0 amide bonds. The van der Waals surface area contributed by atoms with Crippen LogP contribution in [-0.4, -0.2) is 13.2 Å². The van der Waals surface area contributed by atoms with Crippen molar-refractivity contribution in [3.8, 4) is 0 Å². The fourth-order valence-electron chi connectivity index (χ4n) is 3.87. The quantitative estimate of drug-likeness (QED) is 0.593. The van der Waals surface area contributed by atoms with Gasteiger partial charge < -0.3 is 9.47 Å². The monoisotopic (exact) mass is 348 g/mol. The van der Waals surface area contributed by atoms with Gasteiger partial charge in [0.15, 0.2) is 6.29 Å². The molecule has 0 spiro atoms. The summed E-state index contributed by atoms with van der Waals surface area (Å²) >= 11 is 5.94. The maximum absolute atomic E-state index is 6.00. The molecular weight excluding hydrogens is 320 g/mol. The van der Waals surface area contributed by atoms with E-state index in [1.807, 2.05) is 24.3 Å². The van der Waals surface area contributed by atoms with Crippen molar-refractivity contribution >= 4 is 11.6 Å². The van der Waals surface area contributed by atoms with E-state index in [0.29, 0.717) is 5.92 Å². The third-order valence-electron chi connectivity index (χ3n) is 5.41. The predicted molar refractivity (Wildman–Crippen MR) is 99.1 cm³/mol. The SMILES string of the molecule is CCC/C=C/[C@H]1CC[C@H](C2COC(c3ccc(Cl)cc3)OC2)CC1. The zero-order valence-corrected chi connectivity index (χ0v) is 15.4. The number of ether oxygens (including phenoxy) is 2. The molecule has 1 aliphatic heterocycles. The summed E-state index contributed by atoms with van der Waals surface area (Å²) in [5.74, 6) is 2.10. The standard InChI is InChI=1S/C21H29ClO2/c1-2-3-4-5-16-6-8-17(9-7-16)19-14-23-21(24-15-19)18-10-12-20(22)13-11-18/h4-5,10-13,16-17,19,21H,2-3,6-9,14-15H2,1H3/b5-4+/t16-,17-,19?,21?. The van der Waals surface area contributed by atoms with Gasteiger partial charge >= 0.3 is 0 Å². The van der Waals surface area contributed by atoms with E-state index in [0.717, 1.165) is 35.6 Å². The van der Waals surface area contributed by atoms with Crippen molar-refractivity contribution in [3.63, 3.8) is 0 Å². The molecule has 0 unspecified atom stereocenters. The highest BCUT2D eigenvalue weighted by Gasteiger charge is 2.31. The molecule has 2 fully saturated rings. The average molecular weight is 349 g/mol. The van der Waals surface area contributed by atoms with E-state index in [2.05, 4.69) is 19.1 Å². The van der Waals surface area contributed by atoms with E-state index in [-0.39, 0.29) is 6.29 Å². The second-order valence-corrected chi connectivity index (χ2v) is 7.64. The fourth-order valence-corrected chi connectivity index (χ4v) is 3.99. The van der Waals surface area contributed by atoms with E-state index >= 15 is 0 Å². The van der Waals surface area contributed by atoms with Crippen molar-refractivity contribution in [2.75, 3.05) is 13.2 Å². The van der Waals surface area contributed by atoms with Crippen molar-refractivity contribution in [2.24, 2.45) is 17.8 Å². The average Bonchev–Trinajstić information content (AvgIpc) is 2.63. The summed E-state index contributed by atoms with van der Waals surface area (Å²) in [7, 11) is 0. The molecule has 0 bridgehead atoms. The molecule has 1 saturated carbocycles. The highest BCUT2D eigenvalue weighted by Crippen LogP contribution is 2.37. The van der Waals surface area contributed by atoms with Gasteiger partial charge in [-0.05, 0) is 56.1 Å². The molecule has 132 valence electrons. The van der Waals surface area contributed by atoms with E-state index < -0.39 is 0 Å². The Morgan fingerprint density at radius 2 is 1.67 bits per heavy atom. The summed E-state index contributed by atoms with van der Waals surface area (Å²) in [5, 5.41) is 0.747. The second kappa shape index (κ2) is 9.03. The zero-order valence-electron chi connectivity index (χ0n) is 14.6. The van der Waals surface area contributed by atoms with Gasteiger partial charge in [0, 0.05) is 16.5 Å². The third kappa shape index (κ3) is 4.84. The molecule has 3 heteroatoms. The number of hydrogen-bond acceptors (Lipinski definition) is 2. The minimum Gasteiger partial charge on any atom is -0.348 e. The molecule has 0 aromatic heterocycles. The predicted octanol–water partition coefficient (Wildman–Crippen LogP) is 6.16. The lowest BCUT2D eigenvalue weighted by molar-refractivity contribution is -0.214. The van der Waals surface area contributed by atoms with Crippen LogP contribution in [0.15, 0.2) is 36.4 Å². The Hall–Kier alpha value is -0.830. The summed E-state index contributed by atoms with van der Waals surface area (Å²) in [6.07, 6.45) is 12.3. The van der Waals surface area contributed by atoms with Gasteiger partial charge in [0.05, 0.1) is 13.2 Å². The molecule has 2 aliphatic rings. The van der Waals surface area contributed by atoms with Crippen molar-refractivity contribution in [1.82, 2.24) is 0 Å². The van der Waals surface area contributed by atoms with E-state index in [4.69, 9.17) is 21.1 Å². The molecule has 1 aromatic rings. The van der Waals surface area contributed by atoms with E-state index in [1.54, 1.807) is 0 Å². The Morgan fingerprint density at radius 1 is 1.00 bits per heavy atom. The lowest BCUT2D eigenvalue weighted by atomic mass is 9.76. The Balaban J connectivity index is 1.43. The Labute approximate surface area is 151 Å². The number of benzene rings is 1.